The Bertz CT molecular complexity index is 168. The Morgan fingerprint density at radius 2 is 1.15 bits per heavy atom. The minimum absolute atomic E-state index is 0.870. The van der Waals surface area contributed by atoms with E-state index in [2.05, 4.69) is 12.2 Å². The van der Waals surface area contributed by atoms with Crippen LogP contribution >= 0.6 is 27.2 Å². The van der Waals surface area contributed by atoms with E-state index in [1.807, 2.05) is 13.8 Å². The SMILES string of the molecule is CC(C)=S.CP(C)(C)=O.C[P+](C)=O. The van der Waals surface area contributed by atoms with E-state index in [9.17, 15) is 9.13 Å². The molecule has 0 aliphatic carbocycles. The van der Waals surface area contributed by atoms with Crippen molar-refractivity contribution in [2.24, 2.45) is 0 Å². The standard InChI is InChI=1S/C3H9OP.C3H6S.C2H6OP/c1-5(2,3)4;1-3(2)4;1-4(2)3/h1-3H3;2*1-2H3/q;;+1. The lowest BCUT2D eigenvalue weighted by molar-refractivity contribution is 0.586. The molecule has 0 saturated carbocycles. The van der Waals surface area contributed by atoms with Crippen molar-refractivity contribution in [3.05, 3.63) is 0 Å². The monoisotopic (exact) mass is 243 g/mol. The molecule has 0 spiro atoms. The second-order valence-corrected chi connectivity index (χ2v) is 9.83. The van der Waals surface area contributed by atoms with Gasteiger partial charge >= 0.3 is 7.80 Å². The number of thiocarbonyl (C=S) groups is 1. The molecule has 0 unspecified atom stereocenters. The zero-order valence-corrected chi connectivity index (χ0v) is 12.2. The predicted molar refractivity (Wildman–Crippen MR) is 68.8 cm³/mol. The molecule has 0 aromatic heterocycles. The van der Waals surface area contributed by atoms with E-state index in [1.54, 1.807) is 33.3 Å². The Hall–Kier alpha value is 0.420. The molecule has 0 aromatic carbocycles. The number of hydrogen-bond donors (Lipinski definition) is 0. The van der Waals surface area contributed by atoms with Crippen LogP contribution in [0.2, 0.25) is 0 Å². The van der Waals surface area contributed by atoms with Gasteiger partial charge in [0.05, 0.1) is 7.14 Å². The summed E-state index contributed by atoms with van der Waals surface area (Å²) in [6.07, 6.45) is 0. The first kappa shape index (κ1) is 19.1. The Kier molecular flexibility index (Phi) is 15.4. The third-order valence-electron chi connectivity index (χ3n) is 0. The zero-order chi connectivity index (χ0) is 11.7. The summed E-state index contributed by atoms with van der Waals surface area (Å²) < 4.78 is 19.8. The molecule has 0 bridgehead atoms. The van der Waals surface area contributed by atoms with Crippen molar-refractivity contribution in [1.82, 2.24) is 0 Å². The number of hydrogen-bond acceptors (Lipinski definition) is 3. The second-order valence-electron chi connectivity index (χ2n) is 3.61. The lowest BCUT2D eigenvalue weighted by atomic mass is 10.6. The molecule has 0 atom stereocenters. The highest BCUT2D eigenvalue weighted by Crippen LogP contribution is 2.28. The van der Waals surface area contributed by atoms with Crippen molar-refractivity contribution in [3.8, 4) is 0 Å². The van der Waals surface area contributed by atoms with E-state index in [4.69, 9.17) is 0 Å². The van der Waals surface area contributed by atoms with Gasteiger partial charge in [-0.2, -0.15) is 0 Å². The zero-order valence-electron chi connectivity index (χ0n) is 9.62. The maximum atomic E-state index is 10.2. The highest BCUT2D eigenvalue weighted by Gasteiger charge is 1.89. The molecular weight excluding hydrogens is 222 g/mol. The summed E-state index contributed by atoms with van der Waals surface area (Å²) in [4.78, 5) is 1.00. The molecule has 0 N–H and O–H groups in total. The van der Waals surface area contributed by atoms with Crippen LogP contribution in [0.15, 0.2) is 0 Å². The Labute approximate surface area is 88.7 Å². The van der Waals surface area contributed by atoms with Gasteiger partial charge in [-0.15, -0.1) is 0 Å². The third kappa shape index (κ3) is 7640. The maximum absolute atomic E-state index is 10.2. The molecule has 80 valence electrons. The van der Waals surface area contributed by atoms with Crippen molar-refractivity contribution in [2.45, 2.75) is 13.8 Å². The normalized spacial score (nSPS) is 8.54. The summed E-state index contributed by atoms with van der Waals surface area (Å²) in [6.45, 7) is 12.4. The predicted octanol–water partition coefficient (Wildman–Crippen LogP) is 3.71. The average molecular weight is 243 g/mol. The van der Waals surface area contributed by atoms with Crippen LogP contribution in [0, 0.1) is 0 Å². The summed E-state index contributed by atoms with van der Waals surface area (Å²) in [7, 11) is -2.51. The van der Waals surface area contributed by atoms with Gasteiger partial charge < -0.3 is 4.57 Å². The van der Waals surface area contributed by atoms with Gasteiger partial charge in [0.2, 0.25) is 0 Å². The van der Waals surface area contributed by atoms with E-state index in [0.29, 0.717) is 0 Å². The molecule has 0 amide bonds. The molecule has 0 heterocycles. The molecule has 0 saturated heterocycles. The van der Waals surface area contributed by atoms with Gasteiger partial charge in [0.25, 0.3) is 0 Å². The van der Waals surface area contributed by atoms with Gasteiger partial charge in [0.15, 0.2) is 0 Å². The summed E-state index contributed by atoms with van der Waals surface area (Å²) in [5.41, 5.74) is 0. The molecule has 0 radical (unpaired) electrons. The van der Waals surface area contributed by atoms with Crippen molar-refractivity contribution >= 4 is 32.0 Å². The smallest absolute Gasteiger partial charge is 0.324 e. The Balaban J connectivity index is -0.000000117. The second kappa shape index (κ2) is 10.5. The first-order valence-corrected chi connectivity index (χ1v) is 9.42. The fourth-order valence-electron chi connectivity index (χ4n) is 0. The van der Waals surface area contributed by atoms with Crippen LogP contribution in [0.25, 0.3) is 0 Å². The molecule has 0 aliphatic heterocycles. The van der Waals surface area contributed by atoms with Crippen LogP contribution < -0.4 is 0 Å². The van der Waals surface area contributed by atoms with E-state index < -0.39 is 14.9 Å². The molecule has 13 heavy (non-hydrogen) atoms. The first-order valence-electron chi connectivity index (χ1n) is 3.81. The molecule has 0 rings (SSSR count). The van der Waals surface area contributed by atoms with Crippen LogP contribution in [0.4, 0.5) is 0 Å². The van der Waals surface area contributed by atoms with Crippen molar-refractivity contribution in [1.29, 1.82) is 0 Å². The van der Waals surface area contributed by atoms with E-state index >= 15 is 0 Å². The quantitative estimate of drug-likeness (QED) is 0.480. The lowest BCUT2D eigenvalue weighted by Gasteiger charge is -1.86. The Morgan fingerprint density at radius 1 is 1.15 bits per heavy atom. The van der Waals surface area contributed by atoms with Crippen molar-refractivity contribution in [2.75, 3.05) is 33.3 Å². The van der Waals surface area contributed by atoms with Gasteiger partial charge in [-0.05, 0) is 38.7 Å². The van der Waals surface area contributed by atoms with Gasteiger partial charge in [-0.25, -0.2) is 0 Å². The molecule has 0 aromatic rings. The average Bonchev–Trinajstić information content (AvgIpc) is 1.50. The summed E-state index contributed by atoms with van der Waals surface area (Å²) in [5, 5.41) is 0. The van der Waals surface area contributed by atoms with Crippen molar-refractivity contribution in [3.63, 3.8) is 0 Å². The van der Waals surface area contributed by atoms with Crippen molar-refractivity contribution < 1.29 is 9.13 Å². The van der Waals surface area contributed by atoms with E-state index in [1.165, 1.54) is 0 Å². The van der Waals surface area contributed by atoms with Crippen LogP contribution in [0.3, 0.4) is 0 Å². The fraction of sp³-hybridized carbons (Fsp3) is 0.875. The van der Waals surface area contributed by atoms with Gasteiger partial charge in [0, 0.05) is 0 Å². The topological polar surface area (TPSA) is 34.1 Å². The first-order chi connectivity index (χ1) is 5.46. The maximum Gasteiger partial charge on any atom is 0.332 e. The summed E-state index contributed by atoms with van der Waals surface area (Å²) >= 11 is 4.54. The molecule has 5 heteroatoms. The number of rotatable bonds is 0. The van der Waals surface area contributed by atoms with Crippen LogP contribution in [0.1, 0.15) is 13.8 Å². The van der Waals surface area contributed by atoms with E-state index in [0.717, 1.165) is 4.86 Å². The minimum Gasteiger partial charge on any atom is -0.324 e. The highest BCUT2D eigenvalue weighted by molar-refractivity contribution is 7.80. The molecular formula is C8H21O2P2S+. The van der Waals surface area contributed by atoms with Crippen LogP contribution in [-0.4, -0.2) is 38.2 Å². The molecule has 0 fully saturated rings. The highest BCUT2D eigenvalue weighted by atomic mass is 32.1. The van der Waals surface area contributed by atoms with E-state index in [-0.39, 0.29) is 0 Å². The molecule has 2 nitrogen and oxygen atoms in total. The van der Waals surface area contributed by atoms with Gasteiger partial charge in [0.1, 0.15) is 13.3 Å². The van der Waals surface area contributed by atoms with Crippen LogP contribution in [0.5, 0.6) is 0 Å². The Morgan fingerprint density at radius 3 is 1.15 bits per heavy atom. The summed E-state index contributed by atoms with van der Waals surface area (Å²) in [6, 6.07) is 0. The van der Waals surface area contributed by atoms with Gasteiger partial charge in [-0.3, -0.25) is 0 Å². The minimum atomic E-state index is -1.64. The molecule has 0 aliphatic rings. The fourth-order valence-corrected chi connectivity index (χ4v) is 0. The third-order valence-corrected chi connectivity index (χ3v) is 0. The lowest BCUT2D eigenvalue weighted by Crippen LogP contribution is -1.63. The largest absolute Gasteiger partial charge is 0.332 e. The van der Waals surface area contributed by atoms with Crippen LogP contribution in [-0.2, 0) is 9.13 Å². The van der Waals surface area contributed by atoms with Gasteiger partial charge in [-0.1, -0.05) is 16.8 Å². The summed E-state index contributed by atoms with van der Waals surface area (Å²) in [5.74, 6) is 0.